The highest BCUT2D eigenvalue weighted by Gasteiger charge is 2.22. The summed E-state index contributed by atoms with van der Waals surface area (Å²) >= 11 is 1.39. The van der Waals surface area contributed by atoms with Crippen molar-refractivity contribution in [3.8, 4) is 11.4 Å². The van der Waals surface area contributed by atoms with E-state index in [0.29, 0.717) is 35.2 Å². The fourth-order valence-electron chi connectivity index (χ4n) is 3.05. The zero-order valence-corrected chi connectivity index (χ0v) is 19.4. The van der Waals surface area contributed by atoms with Crippen LogP contribution in [-0.2, 0) is 21.8 Å². The monoisotopic (exact) mass is 460 g/mol. The maximum Gasteiger partial charge on any atom is 0.337 e. The van der Waals surface area contributed by atoms with E-state index in [4.69, 9.17) is 4.74 Å². The molecular weight excluding hydrogens is 436 g/mol. The summed E-state index contributed by atoms with van der Waals surface area (Å²) in [6.07, 6.45) is 0. The lowest BCUT2D eigenvalue weighted by Crippen LogP contribution is -2.30. The Morgan fingerprint density at radius 3 is 2.39 bits per heavy atom. The molecule has 0 spiro atoms. The second-order valence-electron chi connectivity index (χ2n) is 6.60. The number of esters is 1. The number of nitrogens with zero attached hydrogens (tertiary/aromatic N) is 4. The highest BCUT2D eigenvalue weighted by Crippen LogP contribution is 2.30. The first-order valence-corrected chi connectivity index (χ1v) is 11.9. The number of sulfonamides is 1. The second-order valence-corrected chi connectivity index (χ2v) is 9.58. The van der Waals surface area contributed by atoms with Crippen LogP contribution < -0.4 is 0 Å². The molecule has 0 aliphatic rings. The number of carbonyl (C=O) groups excluding carboxylic acids is 1. The van der Waals surface area contributed by atoms with Gasteiger partial charge in [-0.1, -0.05) is 26.0 Å². The topological polar surface area (TPSA) is 94.4 Å². The van der Waals surface area contributed by atoms with Crippen LogP contribution in [0.5, 0.6) is 0 Å². The number of rotatable bonds is 8. The Balaban J connectivity index is 1.87. The van der Waals surface area contributed by atoms with Gasteiger partial charge in [0.05, 0.1) is 17.6 Å². The molecule has 164 valence electrons. The third-order valence-corrected chi connectivity index (χ3v) is 7.85. The van der Waals surface area contributed by atoms with Gasteiger partial charge in [0.25, 0.3) is 0 Å². The van der Waals surface area contributed by atoms with Gasteiger partial charge >= 0.3 is 5.97 Å². The maximum absolute atomic E-state index is 12.9. The third-order valence-electron chi connectivity index (χ3n) is 4.75. The van der Waals surface area contributed by atoms with Crippen LogP contribution in [0.25, 0.3) is 11.4 Å². The molecule has 0 bridgehead atoms. The van der Waals surface area contributed by atoms with E-state index in [1.165, 1.54) is 23.2 Å². The van der Waals surface area contributed by atoms with Gasteiger partial charge in [-0.3, -0.25) is 0 Å². The van der Waals surface area contributed by atoms with Crippen LogP contribution in [0.1, 0.15) is 24.2 Å². The van der Waals surface area contributed by atoms with Crippen molar-refractivity contribution in [2.75, 3.05) is 20.2 Å². The van der Waals surface area contributed by atoms with Gasteiger partial charge in [-0.15, -0.1) is 10.2 Å². The summed E-state index contributed by atoms with van der Waals surface area (Å²) in [6, 6.07) is 13.7. The Bertz CT molecular complexity index is 1170. The summed E-state index contributed by atoms with van der Waals surface area (Å²) in [7, 11) is -0.400. The number of benzene rings is 2. The van der Waals surface area contributed by atoms with Gasteiger partial charge < -0.3 is 9.30 Å². The third kappa shape index (κ3) is 4.81. The van der Waals surface area contributed by atoms with Gasteiger partial charge in [-0.05, 0) is 48.2 Å². The van der Waals surface area contributed by atoms with Gasteiger partial charge in [-0.25, -0.2) is 13.2 Å². The van der Waals surface area contributed by atoms with Crippen molar-refractivity contribution in [2.45, 2.75) is 28.8 Å². The molecule has 3 rings (SSSR count). The Kier molecular flexibility index (Phi) is 7.14. The summed E-state index contributed by atoms with van der Waals surface area (Å²) in [4.78, 5) is 12.7. The number of methoxy groups -OCH3 is 1. The van der Waals surface area contributed by atoms with Gasteiger partial charge in [0, 0.05) is 30.6 Å². The molecule has 1 heterocycles. The molecular formula is C21H24N4O4S2. The van der Waals surface area contributed by atoms with E-state index in [2.05, 4.69) is 10.2 Å². The first kappa shape index (κ1) is 23.0. The Labute approximate surface area is 186 Å². The SMILES string of the molecule is CCN(CC)S(=O)(=O)c1cccc(-c2nnc(Sc3ccc(C(=O)OC)cc3)n2C)c1. The number of carbonyl (C=O) groups is 1. The van der Waals surface area contributed by atoms with E-state index in [1.807, 2.05) is 43.7 Å². The highest BCUT2D eigenvalue weighted by atomic mass is 32.2. The van der Waals surface area contributed by atoms with E-state index in [-0.39, 0.29) is 4.90 Å². The highest BCUT2D eigenvalue weighted by molar-refractivity contribution is 7.99. The molecule has 0 amide bonds. The van der Waals surface area contributed by atoms with E-state index >= 15 is 0 Å². The number of ether oxygens (including phenoxy) is 1. The maximum atomic E-state index is 12.9. The molecule has 0 saturated heterocycles. The number of hydrogen-bond donors (Lipinski definition) is 0. The number of hydrogen-bond acceptors (Lipinski definition) is 7. The molecule has 31 heavy (non-hydrogen) atoms. The molecule has 0 fully saturated rings. The van der Waals surface area contributed by atoms with Gasteiger partial charge in [-0.2, -0.15) is 4.31 Å². The molecule has 0 radical (unpaired) electrons. The first-order chi connectivity index (χ1) is 14.8. The molecule has 10 heteroatoms. The largest absolute Gasteiger partial charge is 0.465 e. The Morgan fingerprint density at radius 2 is 1.77 bits per heavy atom. The molecule has 3 aromatic rings. The lowest BCUT2D eigenvalue weighted by Gasteiger charge is -2.18. The fourth-order valence-corrected chi connectivity index (χ4v) is 5.34. The molecule has 0 unspecified atom stereocenters. The van der Waals surface area contributed by atoms with Gasteiger partial charge in [0.15, 0.2) is 11.0 Å². The van der Waals surface area contributed by atoms with Crippen molar-refractivity contribution < 1.29 is 17.9 Å². The molecule has 2 aromatic carbocycles. The minimum absolute atomic E-state index is 0.226. The molecule has 1 aromatic heterocycles. The van der Waals surface area contributed by atoms with Crippen molar-refractivity contribution in [3.05, 3.63) is 54.1 Å². The van der Waals surface area contributed by atoms with Crippen molar-refractivity contribution in [1.82, 2.24) is 19.1 Å². The lowest BCUT2D eigenvalue weighted by atomic mass is 10.2. The van der Waals surface area contributed by atoms with Crippen LogP contribution in [0.15, 0.2) is 63.5 Å². The number of aromatic nitrogens is 3. The van der Waals surface area contributed by atoms with Gasteiger partial charge in [0.1, 0.15) is 0 Å². The van der Waals surface area contributed by atoms with Crippen LogP contribution in [0.4, 0.5) is 0 Å². The molecule has 0 atom stereocenters. The average Bonchev–Trinajstić information content (AvgIpc) is 3.14. The van der Waals surface area contributed by atoms with Crippen molar-refractivity contribution >= 4 is 27.8 Å². The van der Waals surface area contributed by atoms with Crippen LogP contribution in [0, 0.1) is 0 Å². The summed E-state index contributed by atoms with van der Waals surface area (Å²) in [5, 5.41) is 9.14. The van der Waals surface area contributed by atoms with Crippen LogP contribution in [0.3, 0.4) is 0 Å². The first-order valence-electron chi connectivity index (χ1n) is 9.68. The minimum atomic E-state index is -3.57. The average molecular weight is 461 g/mol. The van der Waals surface area contributed by atoms with Crippen LogP contribution >= 0.6 is 11.8 Å². The molecule has 0 saturated carbocycles. The Hall–Kier alpha value is -2.69. The van der Waals surface area contributed by atoms with E-state index in [0.717, 1.165) is 4.90 Å². The minimum Gasteiger partial charge on any atom is -0.465 e. The van der Waals surface area contributed by atoms with Crippen molar-refractivity contribution in [3.63, 3.8) is 0 Å². The molecule has 0 N–H and O–H groups in total. The standard InChI is InChI=1S/C21H24N4O4S2/c1-5-25(6-2)31(27,28)18-9-7-8-16(14-18)19-22-23-21(24(19)3)30-17-12-10-15(11-13-17)20(26)29-4/h7-14H,5-6H2,1-4H3. The summed E-state index contributed by atoms with van der Waals surface area (Å²) in [5.41, 5.74) is 1.13. The molecule has 0 aliphatic heterocycles. The van der Waals surface area contributed by atoms with Gasteiger partial charge in [0.2, 0.25) is 10.0 Å². The summed E-state index contributed by atoms with van der Waals surface area (Å²) < 4.78 is 33.6. The smallest absolute Gasteiger partial charge is 0.337 e. The van der Waals surface area contributed by atoms with E-state index in [1.54, 1.807) is 30.3 Å². The van der Waals surface area contributed by atoms with E-state index in [9.17, 15) is 13.2 Å². The zero-order valence-electron chi connectivity index (χ0n) is 17.8. The molecule has 0 aliphatic carbocycles. The summed E-state index contributed by atoms with van der Waals surface area (Å²) in [6.45, 7) is 4.44. The fraction of sp³-hybridized carbons (Fsp3) is 0.286. The Morgan fingerprint density at radius 1 is 1.10 bits per heavy atom. The van der Waals surface area contributed by atoms with Crippen molar-refractivity contribution in [1.29, 1.82) is 0 Å². The van der Waals surface area contributed by atoms with Crippen molar-refractivity contribution in [2.24, 2.45) is 7.05 Å². The predicted octanol–water partition coefficient (Wildman–Crippen LogP) is 3.45. The summed E-state index contributed by atoms with van der Waals surface area (Å²) in [5.74, 6) is 0.169. The van der Waals surface area contributed by atoms with E-state index < -0.39 is 16.0 Å². The second kappa shape index (κ2) is 9.63. The normalized spacial score (nSPS) is 11.6. The zero-order chi connectivity index (χ0) is 22.6. The predicted molar refractivity (Wildman–Crippen MR) is 118 cm³/mol. The molecule has 8 nitrogen and oxygen atoms in total. The lowest BCUT2D eigenvalue weighted by molar-refractivity contribution is 0.0600. The van der Waals surface area contributed by atoms with Crippen LogP contribution in [0.2, 0.25) is 0 Å². The van der Waals surface area contributed by atoms with Crippen LogP contribution in [-0.4, -0.2) is 53.7 Å². The quantitative estimate of drug-likeness (QED) is 0.475.